The van der Waals surface area contributed by atoms with Crippen molar-refractivity contribution in [2.75, 3.05) is 0 Å². The van der Waals surface area contributed by atoms with E-state index in [-0.39, 0.29) is 5.69 Å². The van der Waals surface area contributed by atoms with Gasteiger partial charge in [-0.2, -0.15) is 0 Å². The Labute approximate surface area is 82.2 Å². The third-order valence-corrected chi connectivity index (χ3v) is 1.95. The lowest BCUT2D eigenvalue weighted by atomic mass is 10.5. The van der Waals surface area contributed by atoms with Gasteiger partial charge in [-0.25, -0.2) is 4.79 Å². The Kier molecular flexibility index (Phi) is 3.83. The van der Waals surface area contributed by atoms with Crippen LogP contribution in [0.15, 0.2) is 28.8 Å². The van der Waals surface area contributed by atoms with E-state index in [1.807, 2.05) is 6.92 Å². The van der Waals surface area contributed by atoms with Crippen LogP contribution in [0, 0.1) is 0 Å². The lowest BCUT2D eigenvalue weighted by Gasteiger charge is -1.96. The Balaban J connectivity index is 2.80. The molecule has 72 valence electrons. The summed E-state index contributed by atoms with van der Waals surface area (Å²) >= 11 is 5.37. The zero-order chi connectivity index (χ0) is 9.68. The molecule has 0 aliphatic rings. The lowest BCUT2D eigenvalue weighted by Crippen LogP contribution is -2.23. The van der Waals surface area contributed by atoms with Crippen LogP contribution in [0.1, 0.15) is 13.3 Å². The molecule has 3 nitrogen and oxygen atoms in total. The first-order valence-electron chi connectivity index (χ1n) is 4.30. The lowest BCUT2D eigenvalue weighted by molar-refractivity contribution is 0.627. The SMILES string of the molecule is CCCn1ccn(C/C=C/Cl)c1=O. The van der Waals surface area contributed by atoms with Crippen LogP contribution in [0.4, 0.5) is 0 Å². The summed E-state index contributed by atoms with van der Waals surface area (Å²) in [6.07, 6.45) is 6.28. The van der Waals surface area contributed by atoms with Gasteiger partial charge in [0.15, 0.2) is 0 Å². The summed E-state index contributed by atoms with van der Waals surface area (Å²) in [6.45, 7) is 3.36. The van der Waals surface area contributed by atoms with Crippen molar-refractivity contribution in [3.63, 3.8) is 0 Å². The van der Waals surface area contributed by atoms with Crippen LogP contribution in [0.25, 0.3) is 0 Å². The molecule has 13 heavy (non-hydrogen) atoms. The minimum atomic E-state index is 0.0246. The van der Waals surface area contributed by atoms with Crippen LogP contribution in [0.2, 0.25) is 0 Å². The number of imidazole rings is 1. The van der Waals surface area contributed by atoms with Gasteiger partial charge >= 0.3 is 5.69 Å². The minimum Gasteiger partial charge on any atom is -0.299 e. The highest BCUT2D eigenvalue weighted by Gasteiger charge is 1.99. The fourth-order valence-corrected chi connectivity index (χ4v) is 1.24. The highest BCUT2D eigenvalue weighted by atomic mass is 35.5. The molecule has 1 aromatic heterocycles. The van der Waals surface area contributed by atoms with E-state index in [2.05, 4.69) is 0 Å². The summed E-state index contributed by atoms with van der Waals surface area (Å²) in [5.41, 5.74) is 1.44. The predicted molar refractivity (Wildman–Crippen MR) is 54.0 cm³/mol. The summed E-state index contributed by atoms with van der Waals surface area (Å²) in [7, 11) is 0. The Bertz CT molecular complexity index is 338. The van der Waals surface area contributed by atoms with Gasteiger partial charge in [0.05, 0.1) is 0 Å². The van der Waals surface area contributed by atoms with E-state index in [9.17, 15) is 4.79 Å². The zero-order valence-corrected chi connectivity index (χ0v) is 8.37. The molecule has 0 saturated carbocycles. The molecule has 0 unspecified atom stereocenters. The first-order chi connectivity index (χ1) is 6.29. The maximum atomic E-state index is 11.5. The van der Waals surface area contributed by atoms with E-state index in [0.717, 1.165) is 13.0 Å². The average molecular weight is 201 g/mol. The Morgan fingerprint density at radius 2 is 2.15 bits per heavy atom. The highest BCUT2D eigenvalue weighted by molar-refractivity contribution is 6.25. The van der Waals surface area contributed by atoms with Crippen LogP contribution in [-0.4, -0.2) is 9.13 Å². The van der Waals surface area contributed by atoms with Gasteiger partial charge in [0, 0.05) is 31.0 Å². The summed E-state index contributed by atoms with van der Waals surface area (Å²) in [6, 6.07) is 0. The molecule has 1 aromatic rings. The van der Waals surface area contributed by atoms with Gasteiger partial charge in [0.1, 0.15) is 0 Å². The van der Waals surface area contributed by atoms with E-state index in [1.165, 1.54) is 5.54 Å². The van der Waals surface area contributed by atoms with E-state index in [1.54, 1.807) is 27.6 Å². The van der Waals surface area contributed by atoms with Crippen molar-refractivity contribution in [3.05, 3.63) is 34.5 Å². The van der Waals surface area contributed by atoms with E-state index < -0.39 is 0 Å². The Hall–Kier alpha value is -0.960. The van der Waals surface area contributed by atoms with Crippen molar-refractivity contribution in [2.45, 2.75) is 26.4 Å². The highest BCUT2D eigenvalue weighted by Crippen LogP contribution is 1.89. The van der Waals surface area contributed by atoms with Crippen molar-refractivity contribution in [1.82, 2.24) is 9.13 Å². The van der Waals surface area contributed by atoms with Gasteiger partial charge in [-0.1, -0.05) is 24.6 Å². The fourth-order valence-electron chi connectivity index (χ4n) is 1.16. The number of allylic oxidation sites excluding steroid dienone is 1. The van der Waals surface area contributed by atoms with Gasteiger partial charge in [-0.05, 0) is 6.42 Å². The number of aromatic nitrogens is 2. The predicted octanol–water partition coefficient (Wildman–Crippen LogP) is 1.81. The molecule has 0 spiro atoms. The Morgan fingerprint density at radius 3 is 2.77 bits per heavy atom. The van der Waals surface area contributed by atoms with Crippen LogP contribution >= 0.6 is 11.6 Å². The van der Waals surface area contributed by atoms with Gasteiger partial charge < -0.3 is 0 Å². The van der Waals surface area contributed by atoms with Crippen LogP contribution < -0.4 is 5.69 Å². The van der Waals surface area contributed by atoms with Crippen molar-refractivity contribution in [2.24, 2.45) is 0 Å². The maximum Gasteiger partial charge on any atom is 0.328 e. The van der Waals surface area contributed by atoms with E-state index >= 15 is 0 Å². The maximum absolute atomic E-state index is 11.5. The third-order valence-electron chi connectivity index (χ3n) is 1.77. The topological polar surface area (TPSA) is 26.9 Å². The second kappa shape index (κ2) is 4.92. The standard InChI is InChI=1S/C9H13ClN2O/c1-2-5-11-7-8-12(9(11)13)6-3-4-10/h3-4,7-8H,2,5-6H2,1H3/b4-3+. The first-order valence-corrected chi connectivity index (χ1v) is 4.74. The Morgan fingerprint density at radius 1 is 1.46 bits per heavy atom. The molecule has 0 amide bonds. The van der Waals surface area contributed by atoms with Crippen molar-refractivity contribution < 1.29 is 0 Å². The molecule has 0 radical (unpaired) electrons. The summed E-state index contributed by atoms with van der Waals surface area (Å²) in [5.74, 6) is 0. The smallest absolute Gasteiger partial charge is 0.299 e. The molecule has 1 rings (SSSR count). The number of aryl methyl sites for hydroxylation is 1. The normalized spacial score (nSPS) is 11.2. The molecular weight excluding hydrogens is 188 g/mol. The summed E-state index contributed by atoms with van der Waals surface area (Å²) in [5, 5.41) is 0. The first kappa shape index (κ1) is 10.1. The molecule has 0 saturated heterocycles. The average Bonchev–Trinajstić information content (AvgIpc) is 2.46. The number of nitrogens with zero attached hydrogens (tertiary/aromatic N) is 2. The van der Waals surface area contributed by atoms with E-state index in [0.29, 0.717) is 6.54 Å². The van der Waals surface area contributed by atoms with E-state index in [4.69, 9.17) is 11.6 Å². The molecule has 4 heteroatoms. The van der Waals surface area contributed by atoms with Gasteiger partial charge in [-0.15, -0.1) is 0 Å². The quantitative estimate of drug-likeness (QED) is 0.729. The monoisotopic (exact) mass is 200 g/mol. The fraction of sp³-hybridized carbons (Fsp3) is 0.444. The molecule has 0 aromatic carbocycles. The molecule has 0 atom stereocenters. The van der Waals surface area contributed by atoms with Crippen LogP contribution in [0.3, 0.4) is 0 Å². The molecule has 0 aliphatic heterocycles. The molecular formula is C9H13ClN2O. The summed E-state index contributed by atoms with van der Waals surface area (Å²) < 4.78 is 3.32. The molecule has 0 N–H and O–H groups in total. The van der Waals surface area contributed by atoms with Crippen molar-refractivity contribution >= 4 is 11.6 Å². The van der Waals surface area contributed by atoms with Crippen molar-refractivity contribution in [1.29, 1.82) is 0 Å². The minimum absolute atomic E-state index is 0.0246. The largest absolute Gasteiger partial charge is 0.328 e. The van der Waals surface area contributed by atoms with Crippen LogP contribution in [0.5, 0.6) is 0 Å². The third kappa shape index (κ3) is 2.49. The summed E-state index contributed by atoms with van der Waals surface area (Å²) in [4.78, 5) is 11.5. The number of halogens is 1. The second-order valence-electron chi connectivity index (χ2n) is 2.79. The number of rotatable bonds is 4. The molecule has 1 heterocycles. The second-order valence-corrected chi connectivity index (χ2v) is 3.04. The zero-order valence-electron chi connectivity index (χ0n) is 7.61. The van der Waals surface area contributed by atoms with Gasteiger partial charge in [0.25, 0.3) is 0 Å². The molecule has 0 fully saturated rings. The molecule has 0 aliphatic carbocycles. The number of hydrogen-bond acceptors (Lipinski definition) is 1. The van der Waals surface area contributed by atoms with Gasteiger partial charge in [-0.3, -0.25) is 9.13 Å². The number of hydrogen-bond donors (Lipinski definition) is 0. The van der Waals surface area contributed by atoms with Gasteiger partial charge in [0.2, 0.25) is 0 Å². The van der Waals surface area contributed by atoms with Crippen molar-refractivity contribution in [3.8, 4) is 0 Å². The van der Waals surface area contributed by atoms with Crippen LogP contribution in [-0.2, 0) is 13.1 Å². The molecule has 0 bridgehead atoms.